The van der Waals surface area contributed by atoms with Crippen LogP contribution in [0.4, 0.5) is 0 Å². The third kappa shape index (κ3) is 3.01. The summed E-state index contributed by atoms with van der Waals surface area (Å²) in [6, 6.07) is 8.55. The molecule has 0 aliphatic heterocycles. The lowest BCUT2D eigenvalue weighted by molar-refractivity contribution is 0.270. The molecule has 0 aromatic heterocycles. The van der Waals surface area contributed by atoms with E-state index in [-0.39, 0.29) is 11.0 Å². The van der Waals surface area contributed by atoms with Crippen LogP contribution in [0.2, 0.25) is 0 Å². The maximum Gasteiger partial charge on any atom is 0.122 e. The van der Waals surface area contributed by atoms with Crippen LogP contribution in [-0.2, 0) is 5.41 Å². The highest BCUT2D eigenvalue weighted by atomic mass is 16.5. The van der Waals surface area contributed by atoms with E-state index in [9.17, 15) is 0 Å². The van der Waals surface area contributed by atoms with Gasteiger partial charge in [0.05, 0.1) is 7.11 Å². The van der Waals surface area contributed by atoms with Crippen molar-refractivity contribution in [2.24, 2.45) is 5.92 Å². The van der Waals surface area contributed by atoms with E-state index < -0.39 is 0 Å². The fraction of sp³-hybridized carbons (Fsp3) is 0.667. The zero-order valence-corrected chi connectivity index (χ0v) is 13.6. The molecule has 0 bridgehead atoms. The minimum absolute atomic E-state index is 0.150. The first-order valence-electron chi connectivity index (χ1n) is 7.77. The molecular formula is C18H29NO. The van der Waals surface area contributed by atoms with E-state index >= 15 is 0 Å². The van der Waals surface area contributed by atoms with Crippen molar-refractivity contribution in [1.82, 2.24) is 5.32 Å². The van der Waals surface area contributed by atoms with Gasteiger partial charge in [0.1, 0.15) is 5.75 Å². The molecule has 1 aromatic rings. The lowest BCUT2D eigenvalue weighted by Gasteiger charge is -2.38. The van der Waals surface area contributed by atoms with E-state index in [1.807, 2.05) is 0 Å². The molecule has 1 aliphatic rings. The summed E-state index contributed by atoms with van der Waals surface area (Å²) >= 11 is 0. The minimum atomic E-state index is 0.150. The summed E-state index contributed by atoms with van der Waals surface area (Å²) in [4.78, 5) is 0. The number of benzene rings is 1. The van der Waals surface area contributed by atoms with E-state index in [4.69, 9.17) is 4.74 Å². The first-order valence-corrected chi connectivity index (χ1v) is 7.77. The number of hydrogen-bond acceptors (Lipinski definition) is 2. The van der Waals surface area contributed by atoms with E-state index in [1.165, 1.54) is 24.8 Å². The van der Waals surface area contributed by atoms with Gasteiger partial charge in [-0.3, -0.25) is 0 Å². The Kier molecular flexibility index (Phi) is 4.43. The van der Waals surface area contributed by atoms with E-state index in [2.05, 4.69) is 57.3 Å². The number of hydrogen-bond donors (Lipinski definition) is 1. The van der Waals surface area contributed by atoms with Crippen LogP contribution in [0.15, 0.2) is 24.3 Å². The van der Waals surface area contributed by atoms with Crippen molar-refractivity contribution in [3.05, 3.63) is 29.8 Å². The summed E-state index contributed by atoms with van der Waals surface area (Å²) in [6.07, 6.45) is 3.87. The van der Waals surface area contributed by atoms with Crippen LogP contribution >= 0.6 is 0 Å². The normalized spacial score (nSPS) is 26.8. The topological polar surface area (TPSA) is 21.3 Å². The summed E-state index contributed by atoms with van der Waals surface area (Å²) in [6.45, 7) is 10.1. The fourth-order valence-corrected chi connectivity index (χ4v) is 3.48. The van der Waals surface area contributed by atoms with Crippen molar-refractivity contribution in [2.75, 3.05) is 13.7 Å². The lowest BCUT2D eigenvalue weighted by Crippen LogP contribution is -2.47. The van der Waals surface area contributed by atoms with Crippen LogP contribution in [-0.4, -0.2) is 19.2 Å². The molecular weight excluding hydrogens is 246 g/mol. The lowest BCUT2D eigenvalue weighted by atomic mass is 9.72. The van der Waals surface area contributed by atoms with E-state index in [0.717, 1.165) is 12.3 Å². The maximum atomic E-state index is 5.64. The predicted molar refractivity (Wildman–Crippen MR) is 85.4 cm³/mol. The zero-order valence-electron chi connectivity index (χ0n) is 13.6. The Bertz CT molecular complexity index is 449. The second kappa shape index (κ2) is 5.77. The van der Waals surface area contributed by atoms with Gasteiger partial charge in [0, 0.05) is 23.1 Å². The smallest absolute Gasteiger partial charge is 0.122 e. The fourth-order valence-electron chi connectivity index (χ4n) is 3.48. The summed E-state index contributed by atoms with van der Waals surface area (Å²) in [7, 11) is 1.78. The van der Waals surface area contributed by atoms with Gasteiger partial charge in [0.25, 0.3) is 0 Å². The van der Waals surface area contributed by atoms with Gasteiger partial charge < -0.3 is 10.1 Å². The Balaban J connectivity index is 2.37. The Morgan fingerprint density at radius 1 is 1.30 bits per heavy atom. The molecule has 2 nitrogen and oxygen atoms in total. The quantitative estimate of drug-likeness (QED) is 0.891. The molecule has 1 fully saturated rings. The zero-order chi connectivity index (χ0) is 14.8. The molecule has 112 valence electrons. The molecule has 1 aliphatic carbocycles. The van der Waals surface area contributed by atoms with Gasteiger partial charge in [-0.25, -0.2) is 0 Å². The highest BCUT2D eigenvalue weighted by Crippen LogP contribution is 2.48. The monoisotopic (exact) mass is 275 g/mol. The molecule has 2 unspecified atom stereocenters. The number of methoxy groups -OCH3 is 1. The van der Waals surface area contributed by atoms with Gasteiger partial charge in [-0.05, 0) is 45.6 Å². The van der Waals surface area contributed by atoms with Crippen molar-refractivity contribution in [3.8, 4) is 5.75 Å². The third-order valence-electron chi connectivity index (χ3n) is 4.78. The maximum absolute atomic E-state index is 5.64. The average Bonchev–Trinajstić information content (AvgIpc) is 2.78. The first kappa shape index (κ1) is 15.4. The van der Waals surface area contributed by atoms with Gasteiger partial charge in [-0.1, -0.05) is 31.5 Å². The summed E-state index contributed by atoms with van der Waals surface area (Å²) in [5.74, 6) is 1.73. The molecule has 2 rings (SSSR count). The second-order valence-corrected chi connectivity index (χ2v) is 7.25. The first-order chi connectivity index (χ1) is 9.39. The third-order valence-corrected chi connectivity index (χ3v) is 4.78. The largest absolute Gasteiger partial charge is 0.496 e. The molecule has 2 heteroatoms. The van der Waals surface area contributed by atoms with Crippen molar-refractivity contribution >= 4 is 0 Å². The Labute approximate surface area is 123 Å². The van der Waals surface area contributed by atoms with Gasteiger partial charge in [-0.15, -0.1) is 0 Å². The minimum Gasteiger partial charge on any atom is -0.496 e. The highest BCUT2D eigenvalue weighted by Gasteiger charge is 2.43. The van der Waals surface area contributed by atoms with Crippen molar-refractivity contribution < 1.29 is 4.74 Å². The van der Waals surface area contributed by atoms with Crippen LogP contribution in [0.25, 0.3) is 0 Å². The number of nitrogens with one attached hydrogen (secondary N) is 1. The van der Waals surface area contributed by atoms with Crippen molar-refractivity contribution in [2.45, 2.75) is 57.9 Å². The molecule has 1 aromatic carbocycles. The second-order valence-electron chi connectivity index (χ2n) is 7.25. The van der Waals surface area contributed by atoms with E-state index in [1.54, 1.807) is 7.11 Å². The van der Waals surface area contributed by atoms with E-state index in [0.29, 0.717) is 5.92 Å². The Hall–Kier alpha value is -1.02. The summed E-state index contributed by atoms with van der Waals surface area (Å²) in [5.41, 5.74) is 1.74. The molecule has 0 amide bonds. The Morgan fingerprint density at radius 3 is 2.55 bits per heavy atom. The summed E-state index contributed by atoms with van der Waals surface area (Å²) < 4.78 is 5.64. The van der Waals surface area contributed by atoms with Gasteiger partial charge in [-0.2, -0.15) is 0 Å². The Morgan fingerprint density at radius 2 is 2.00 bits per heavy atom. The molecule has 0 heterocycles. The van der Waals surface area contributed by atoms with Crippen LogP contribution < -0.4 is 10.1 Å². The average molecular weight is 275 g/mol. The molecule has 2 atom stereocenters. The van der Waals surface area contributed by atoms with Gasteiger partial charge >= 0.3 is 0 Å². The van der Waals surface area contributed by atoms with Crippen LogP contribution in [0.5, 0.6) is 5.75 Å². The SMILES string of the molecule is COc1ccccc1C1(CNC(C)(C)C)CCCC1C. The molecule has 0 spiro atoms. The predicted octanol–water partition coefficient (Wildman–Crippen LogP) is 4.14. The number of para-hydroxylation sites is 1. The highest BCUT2D eigenvalue weighted by molar-refractivity contribution is 5.41. The van der Waals surface area contributed by atoms with Crippen LogP contribution in [0.3, 0.4) is 0 Å². The molecule has 0 radical (unpaired) electrons. The summed E-state index contributed by atoms with van der Waals surface area (Å²) in [5, 5.41) is 3.73. The van der Waals surface area contributed by atoms with Gasteiger partial charge in [0.2, 0.25) is 0 Å². The van der Waals surface area contributed by atoms with Crippen molar-refractivity contribution in [1.29, 1.82) is 0 Å². The molecule has 0 saturated heterocycles. The molecule has 1 saturated carbocycles. The molecule has 20 heavy (non-hydrogen) atoms. The van der Waals surface area contributed by atoms with Crippen LogP contribution in [0, 0.1) is 5.92 Å². The van der Waals surface area contributed by atoms with Crippen molar-refractivity contribution in [3.63, 3.8) is 0 Å². The number of rotatable bonds is 4. The van der Waals surface area contributed by atoms with Crippen LogP contribution in [0.1, 0.15) is 52.5 Å². The molecule has 1 N–H and O–H groups in total. The number of ether oxygens (including phenoxy) is 1. The van der Waals surface area contributed by atoms with Gasteiger partial charge in [0.15, 0.2) is 0 Å². The standard InChI is InChI=1S/C18H29NO/c1-14-9-8-12-18(14,13-19-17(2,3)4)15-10-6-7-11-16(15)20-5/h6-7,10-11,14,19H,8-9,12-13H2,1-5H3.